The first-order valence-corrected chi connectivity index (χ1v) is 8.66. The van der Waals surface area contributed by atoms with Gasteiger partial charge in [-0.2, -0.15) is 5.11 Å². The number of rotatable bonds is 6. The third kappa shape index (κ3) is 4.26. The molecule has 3 aromatic rings. The number of hydrogen-bond acceptors (Lipinski definition) is 7. The van der Waals surface area contributed by atoms with Crippen molar-refractivity contribution in [1.29, 1.82) is 0 Å². The fourth-order valence-electron chi connectivity index (χ4n) is 2.55. The Morgan fingerprint density at radius 3 is 2.38 bits per heavy atom. The lowest BCUT2D eigenvalue weighted by Gasteiger charge is -2.01. The van der Waals surface area contributed by atoms with E-state index in [9.17, 15) is 19.7 Å². The van der Waals surface area contributed by atoms with E-state index < -0.39 is 16.5 Å². The second-order valence-corrected chi connectivity index (χ2v) is 5.97. The summed E-state index contributed by atoms with van der Waals surface area (Å²) in [5.41, 5.74) is 1.37. The van der Waals surface area contributed by atoms with E-state index in [-0.39, 0.29) is 18.0 Å². The minimum atomic E-state index is -0.515. The van der Waals surface area contributed by atoms with Crippen molar-refractivity contribution in [2.45, 2.75) is 13.8 Å². The number of aromatic amines is 1. The number of carbonyl (C=O) groups excluding carboxylic acids is 1. The number of nitro benzene ring substituents is 1. The Kier molecular flexibility index (Phi) is 5.63. The average molecular weight is 395 g/mol. The number of nitrogens with one attached hydrogen (secondary N) is 1. The highest BCUT2D eigenvalue weighted by Crippen LogP contribution is 2.20. The summed E-state index contributed by atoms with van der Waals surface area (Å²) in [6.07, 6.45) is 0. The number of benzene rings is 2. The Balaban J connectivity index is 1.84. The summed E-state index contributed by atoms with van der Waals surface area (Å²) in [6.45, 7) is 3.68. The minimum absolute atomic E-state index is 0.0729. The molecule has 0 saturated carbocycles. The number of carbonyl (C=O) groups is 1. The van der Waals surface area contributed by atoms with Crippen molar-refractivity contribution in [3.05, 3.63) is 80.3 Å². The molecule has 0 unspecified atom stereocenters. The Morgan fingerprint density at radius 2 is 1.79 bits per heavy atom. The van der Waals surface area contributed by atoms with E-state index in [1.165, 1.54) is 28.9 Å². The van der Waals surface area contributed by atoms with Crippen LogP contribution in [0.5, 0.6) is 0 Å². The molecule has 1 N–H and O–H groups in total. The lowest BCUT2D eigenvalue weighted by molar-refractivity contribution is -0.384. The highest BCUT2D eigenvalue weighted by Gasteiger charge is 2.13. The van der Waals surface area contributed by atoms with Gasteiger partial charge in [-0.1, -0.05) is 0 Å². The van der Waals surface area contributed by atoms with Gasteiger partial charge in [0.2, 0.25) is 0 Å². The molecule has 0 saturated heterocycles. The maximum absolute atomic E-state index is 12.6. The largest absolute Gasteiger partial charge is 0.462 e. The second kappa shape index (κ2) is 8.30. The summed E-state index contributed by atoms with van der Waals surface area (Å²) < 4.78 is 6.15. The van der Waals surface area contributed by atoms with E-state index in [1.54, 1.807) is 38.1 Å². The van der Waals surface area contributed by atoms with Crippen molar-refractivity contribution in [3.8, 4) is 5.69 Å². The smallest absolute Gasteiger partial charge is 0.338 e. The summed E-state index contributed by atoms with van der Waals surface area (Å²) in [5, 5.41) is 21.7. The average Bonchev–Trinajstić information content (AvgIpc) is 3.00. The molecule has 0 spiro atoms. The van der Waals surface area contributed by atoms with Crippen LogP contribution in [0.2, 0.25) is 0 Å². The third-order valence-electron chi connectivity index (χ3n) is 4.00. The lowest BCUT2D eigenvalue weighted by Crippen LogP contribution is -2.13. The summed E-state index contributed by atoms with van der Waals surface area (Å²) >= 11 is 0. The van der Waals surface area contributed by atoms with Crippen LogP contribution in [0.1, 0.15) is 23.0 Å². The molecule has 1 heterocycles. The molecule has 0 amide bonds. The first-order valence-electron chi connectivity index (χ1n) is 8.66. The van der Waals surface area contributed by atoms with E-state index in [1.807, 2.05) is 0 Å². The van der Waals surface area contributed by atoms with Gasteiger partial charge in [-0.05, 0) is 50.2 Å². The van der Waals surface area contributed by atoms with Gasteiger partial charge in [0.15, 0.2) is 5.69 Å². The fraction of sp³-hybridized carbons (Fsp3) is 0.158. The topological polar surface area (TPSA) is 132 Å². The predicted octanol–water partition coefficient (Wildman–Crippen LogP) is 3.97. The quantitative estimate of drug-likeness (QED) is 0.292. The number of azo groups is 1. The second-order valence-electron chi connectivity index (χ2n) is 5.97. The molecule has 2 aromatic carbocycles. The van der Waals surface area contributed by atoms with Crippen molar-refractivity contribution in [2.24, 2.45) is 10.2 Å². The Labute approximate surface area is 164 Å². The van der Waals surface area contributed by atoms with Crippen molar-refractivity contribution >= 4 is 23.0 Å². The number of nitrogens with zero attached hydrogens (tertiary/aromatic N) is 4. The van der Waals surface area contributed by atoms with Crippen LogP contribution in [0.4, 0.5) is 17.1 Å². The molecular formula is C19H17N5O5. The van der Waals surface area contributed by atoms with E-state index >= 15 is 0 Å². The SMILES string of the molecule is CCOC(=O)c1ccc(N=Nc2c(C)[nH]n(-c3ccc([N+](=O)[O-])cc3)c2=O)cc1. The van der Waals surface area contributed by atoms with Crippen LogP contribution in [-0.2, 0) is 4.74 Å². The van der Waals surface area contributed by atoms with Gasteiger partial charge in [0, 0.05) is 12.1 Å². The standard InChI is InChI=1S/C19H17N5O5/c1-3-29-19(26)13-4-6-14(7-5-13)20-21-17-12(2)22-23(18(17)25)15-8-10-16(11-9-15)24(27)28/h4-11,22H,3H2,1-2H3. The van der Waals surface area contributed by atoms with Gasteiger partial charge in [0.05, 0.1) is 34.2 Å². The molecule has 0 aliphatic heterocycles. The number of hydrogen-bond donors (Lipinski definition) is 1. The zero-order valence-corrected chi connectivity index (χ0v) is 15.7. The number of ether oxygens (including phenoxy) is 1. The molecule has 3 rings (SSSR count). The Morgan fingerprint density at radius 1 is 1.14 bits per heavy atom. The number of non-ortho nitro benzene ring substituents is 1. The molecule has 10 nitrogen and oxygen atoms in total. The van der Waals surface area contributed by atoms with Crippen molar-refractivity contribution in [3.63, 3.8) is 0 Å². The molecule has 0 aliphatic rings. The van der Waals surface area contributed by atoms with Crippen LogP contribution in [-0.4, -0.2) is 27.3 Å². The number of nitro groups is 1. The number of aromatic nitrogens is 2. The zero-order valence-electron chi connectivity index (χ0n) is 15.7. The Hall–Kier alpha value is -4.08. The van der Waals surface area contributed by atoms with Crippen LogP contribution in [0.15, 0.2) is 63.6 Å². The van der Waals surface area contributed by atoms with Gasteiger partial charge >= 0.3 is 5.97 Å². The van der Waals surface area contributed by atoms with E-state index in [2.05, 4.69) is 15.3 Å². The minimum Gasteiger partial charge on any atom is -0.462 e. The van der Waals surface area contributed by atoms with E-state index in [0.29, 0.717) is 22.6 Å². The van der Waals surface area contributed by atoms with Crippen LogP contribution < -0.4 is 5.56 Å². The molecule has 10 heteroatoms. The molecule has 29 heavy (non-hydrogen) atoms. The molecule has 148 valence electrons. The normalized spacial score (nSPS) is 11.0. The third-order valence-corrected chi connectivity index (χ3v) is 4.00. The molecule has 0 radical (unpaired) electrons. The van der Waals surface area contributed by atoms with Crippen molar-refractivity contribution in [2.75, 3.05) is 6.61 Å². The first-order chi connectivity index (χ1) is 13.9. The monoisotopic (exact) mass is 395 g/mol. The van der Waals surface area contributed by atoms with Crippen LogP contribution in [0, 0.1) is 17.0 Å². The van der Waals surface area contributed by atoms with Gasteiger partial charge in [-0.25, -0.2) is 9.48 Å². The number of aryl methyl sites for hydroxylation is 1. The van der Waals surface area contributed by atoms with E-state index in [4.69, 9.17) is 4.74 Å². The molecule has 1 aromatic heterocycles. The predicted molar refractivity (Wildman–Crippen MR) is 104 cm³/mol. The molecular weight excluding hydrogens is 378 g/mol. The summed E-state index contributed by atoms with van der Waals surface area (Å²) in [7, 11) is 0. The summed E-state index contributed by atoms with van der Waals surface area (Å²) in [4.78, 5) is 34.5. The Bertz CT molecular complexity index is 1130. The number of H-pyrrole nitrogens is 1. The van der Waals surface area contributed by atoms with Gasteiger partial charge in [-0.15, -0.1) is 5.11 Å². The first kappa shape index (κ1) is 19.7. The van der Waals surface area contributed by atoms with Gasteiger partial charge in [0.1, 0.15) is 0 Å². The highest BCUT2D eigenvalue weighted by atomic mass is 16.6. The lowest BCUT2D eigenvalue weighted by atomic mass is 10.2. The zero-order chi connectivity index (χ0) is 21.0. The molecule has 0 fully saturated rings. The molecule has 0 atom stereocenters. The highest BCUT2D eigenvalue weighted by molar-refractivity contribution is 5.89. The summed E-state index contributed by atoms with van der Waals surface area (Å²) in [5.74, 6) is -0.427. The molecule has 0 bridgehead atoms. The van der Waals surface area contributed by atoms with Gasteiger partial charge in [-0.3, -0.25) is 20.0 Å². The van der Waals surface area contributed by atoms with Crippen LogP contribution in [0.25, 0.3) is 5.69 Å². The van der Waals surface area contributed by atoms with Crippen LogP contribution >= 0.6 is 0 Å². The fourth-order valence-corrected chi connectivity index (χ4v) is 2.55. The van der Waals surface area contributed by atoms with Gasteiger partial charge in [0.25, 0.3) is 11.2 Å². The van der Waals surface area contributed by atoms with Crippen molar-refractivity contribution < 1.29 is 14.5 Å². The van der Waals surface area contributed by atoms with E-state index in [0.717, 1.165) is 0 Å². The van der Waals surface area contributed by atoms with Gasteiger partial charge < -0.3 is 4.74 Å². The maximum Gasteiger partial charge on any atom is 0.338 e. The maximum atomic E-state index is 12.6. The number of esters is 1. The summed E-state index contributed by atoms with van der Waals surface area (Å²) in [6, 6.07) is 11.8. The van der Waals surface area contributed by atoms with Crippen LogP contribution in [0.3, 0.4) is 0 Å². The molecule has 0 aliphatic carbocycles. The van der Waals surface area contributed by atoms with Crippen molar-refractivity contribution in [1.82, 2.24) is 9.78 Å².